The zero-order valence-electron chi connectivity index (χ0n) is 36.0. The molecule has 14 nitrogen and oxygen atoms in total. The number of unbranched alkanes of at least 4 members (excludes halogenated alkanes) is 15. The summed E-state index contributed by atoms with van der Waals surface area (Å²) in [5.41, 5.74) is -2.68. The summed E-state index contributed by atoms with van der Waals surface area (Å²) in [4.78, 5) is 53.9. The highest BCUT2D eigenvalue weighted by Gasteiger charge is 2.63. The number of hydrogen-bond acceptors (Lipinski definition) is 13. The first-order valence-electron chi connectivity index (χ1n) is 20.9. The predicted octanol–water partition coefficient (Wildman–Crippen LogP) is 9.90. The van der Waals surface area contributed by atoms with Crippen LogP contribution in [0.1, 0.15) is 170 Å². The third-order valence-corrected chi connectivity index (χ3v) is 10.8. The second-order valence-corrected chi connectivity index (χ2v) is 18.7. The number of aromatic nitrogens is 2. The van der Waals surface area contributed by atoms with Gasteiger partial charge in [-0.2, -0.15) is 13.8 Å². The maximum absolute atomic E-state index is 16.1. The normalized spacial score (nSPS) is 18.3. The molecule has 1 fully saturated rings. The Morgan fingerprint density at radius 2 is 1.22 bits per heavy atom. The van der Waals surface area contributed by atoms with Crippen LogP contribution < -0.4 is 5.69 Å². The van der Waals surface area contributed by atoms with Gasteiger partial charge in [0.2, 0.25) is 19.8 Å². The minimum atomic E-state index is -4.85. The van der Waals surface area contributed by atoms with Gasteiger partial charge in [0.1, 0.15) is 6.10 Å². The monoisotopic (exact) mass is 850 g/mol. The van der Waals surface area contributed by atoms with Gasteiger partial charge in [-0.05, 0) is 61.0 Å². The van der Waals surface area contributed by atoms with Gasteiger partial charge in [-0.25, -0.2) is 18.4 Å². The molecule has 58 heavy (non-hydrogen) atoms. The molecular weight excluding hydrogens is 781 g/mol. The van der Waals surface area contributed by atoms with Crippen molar-refractivity contribution in [3.05, 3.63) is 28.4 Å². The topological polar surface area (TPSA) is 168 Å². The van der Waals surface area contributed by atoms with Gasteiger partial charge in [0.25, 0.3) is 0 Å². The Morgan fingerprint density at radius 3 is 1.66 bits per heavy atom. The van der Waals surface area contributed by atoms with E-state index in [4.69, 9.17) is 32.5 Å². The molecule has 0 spiro atoms. The summed E-state index contributed by atoms with van der Waals surface area (Å²) in [5, 5.41) is 0. The summed E-state index contributed by atoms with van der Waals surface area (Å²) in [7, 11) is -4.85. The van der Waals surface area contributed by atoms with Crippen LogP contribution in [0.3, 0.4) is 0 Å². The number of alkyl halides is 2. The highest BCUT2D eigenvalue weighted by atomic mass is 31.2. The molecule has 0 bridgehead atoms. The fourth-order valence-corrected chi connectivity index (χ4v) is 6.86. The van der Waals surface area contributed by atoms with E-state index < -0.39 is 86.8 Å². The number of carbonyl (C=O) groups is 3. The number of nitrogens with zero attached hydrogens (tertiary/aromatic N) is 2. The van der Waals surface area contributed by atoms with Crippen molar-refractivity contribution in [1.29, 1.82) is 0 Å². The number of ether oxygens (including phenoxy) is 4. The van der Waals surface area contributed by atoms with Gasteiger partial charge in [-0.3, -0.25) is 23.5 Å². The summed E-state index contributed by atoms with van der Waals surface area (Å²) in [6.45, 7) is 10.3. The Morgan fingerprint density at radius 1 is 0.776 bits per heavy atom. The van der Waals surface area contributed by atoms with E-state index in [1.807, 2.05) is 0 Å². The van der Waals surface area contributed by atoms with Gasteiger partial charge in [0, 0.05) is 18.3 Å². The summed E-state index contributed by atoms with van der Waals surface area (Å²) in [6.07, 6.45) is 12.8. The fraction of sp³-hybridized carbons (Fsp3) is 0.829. The molecule has 0 aromatic carbocycles. The molecule has 0 aliphatic carbocycles. The molecule has 0 unspecified atom stereocenters. The van der Waals surface area contributed by atoms with E-state index in [9.17, 15) is 23.7 Å². The van der Waals surface area contributed by atoms with Crippen molar-refractivity contribution in [2.24, 2.45) is 10.8 Å². The minimum Gasteiger partial charge on any atom is -0.453 e. The van der Waals surface area contributed by atoms with Gasteiger partial charge in [-0.15, -0.1) is 0 Å². The number of aryl methyl sites for hydroxylation is 1. The second-order valence-electron chi connectivity index (χ2n) is 17.0. The first kappa shape index (κ1) is 51.4. The Balaban J connectivity index is 2.02. The fourth-order valence-electron chi connectivity index (χ4n) is 5.94. The number of esters is 3. The van der Waals surface area contributed by atoms with Gasteiger partial charge in [0.05, 0.1) is 17.4 Å². The van der Waals surface area contributed by atoms with Crippen LogP contribution in [0.15, 0.2) is 17.1 Å². The van der Waals surface area contributed by atoms with E-state index in [0.29, 0.717) is 17.4 Å². The van der Waals surface area contributed by atoms with Crippen molar-refractivity contribution in [1.82, 2.24) is 9.55 Å². The first-order chi connectivity index (χ1) is 27.2. The summed E-state index contributed by atoms with van der Waals surface area (Å²) < 4.78 is 83.0. The third-order valence-electron chi connectivity index (χ3n) is 9.49. The zero-order valence-corrected chi connectivity index (χ0v) is 36.9. The number of carbonyl (C=O) groups excluding carboxylic acids is 3. The largest absolute Gasteiger partial charge is 0.480 e. The summed E-state index contributed by atoms with van der Waals surface area (Å²) >= 11 is 0. The van der Waals surface area contributed by atoms with Crippen molar-refractivity contribution >= 4 is 25.7 Å². The molecule has 1 saturated heterocycles. The molecule has 1 aliphatic rings. The Hall–Kier alpha value is -2.78. The lowest BCUT2D eigenvalue weighted by molar-refractivity contribution is -0.176. The molecule has 1 aromatic rings. The van der Waals surface area contributed by atoms with Gasteiger partial charge in [-0.1, -0.05) is 103 Å². The van der Waals surface area contributed by atoms with Crippen molar-refractivity contribution in [2.75, 3.05) is 20.2 Å². The van der Waals surface area contributed by atoms with Crippen LogP contribution in [0.4, 0.5) is 8.78 Å². The second kappa shape index (κ2) is 25.1. The molecule has 17 heteroatoms. The summed E-state index contributed by atoms with van der Waals surface area (Å²) in [6, 6.07) is 1.33. The first-order valence-corrected chi connectivity index (χ1v) is 22.3. The minimum absolute atomic E-state index is 0.141. The molecule has 1 aromatic heterocycles. The molecule has 0 saturated carbocycles. The van der Waals surface area contributed by atoms with E-state index in [0.717, 1.165) is 31.9 Å². The number of halogens is 2. The molecule has 0 N–H and O–H groups in total. The van der Waals surface area contributed by atoms with Crippen molar-refractivity contribution in [3.8, 4) is 0 Å². The lowest BCUT2D eigenvalue weighted by atomic mass is 9.98. The van der Waals surface area contributed by atoms with Gasteiger partial charge in [0.15, 0.2) is 6.10 Å². The Bertz CT molecular complexity index is 1470. The van der Waals surface area contributed by atoms with Crippen LogP contribution in [-0.4, -0.2) is 65.8 Å². The molecule has 0 amide bonds. The van der Waals surface area contributed by atoms with E-state index in [1.165, 1.54) is 77.2 Å². The highest BCUT2D eigenvalue weighted by Crippen LogP contribution is 2.52. The standard InChI is InChI=1S/C41H69F2N2O12P/c1-9-10-11-12-13-14-15-16-17-18-19-20-21-22-23-24-25-33(46)57-34-32(56-35(41(34,42)43)45-27-26-31(2)44-38(45)49)28-53-58(50,54-29-51-36(47)39(3,4)5)55-30-52-37(48)40(6,7)8/h26-27,32,34-35H,9-25,28-30H2,1-8H3/t32-,34-,35-/m1/s1. The van der Waals surface area contributed by atoms with Crippen LogP contribution in [0.2, 0.25) is 0 Å². The molecule has 2 rings (SSSR count). The van der Waals surface area contributed by atoms with Crippen molar-refractivity contribution in [2.45, 2.75) is 189 Å². The number of hydrogen-bond donors (Lipinski definition) is 0. The molecule has 1 aliphatic heterocycles. The van der Waals surface area contributed by atoms with Crippen molar-refractivity contribution < 1.29 is 60.2 Å². The van der Waals surface area contributed by atoms with Crippen molar-refractivity contribution in [3.63, 3.8) is 0 Å². The van der Waals surface area contributed by atoms with E-state index in [2.05, 4.69) is 11.9 Å². The number of phosphoric acid groups is 1. The van der Waals surface area contributed by atoms with E-state index in [-0.39, 0.29) is 12.1 Å². The van der Waals surface area contributed by atoms with Crippen LogP contribution in [-0.2, 0) is 51.5 Å². The van der Waals surface area contributed by atoms with E-state index in [1.54, 1.807) is 41.5 Å². The average molecular weight is 851 g/mol. The maximum atomic E-state index is 16.1. The van der Waals surface area contributed by atoms with E-state index >= 15 is 8.78 Å². The van der Waals surface area contributed by atoms with Crippen LogP contribution in [0, 0.1) is 17.8 Å². The van der Waals surface area contributed by atoms with Gasteiger partial charge < -0.3 is 18.9 Å². The molecule has 3 atom stereocenters. The van der Waals surface area contributed by atoms with Gasteiger partial charge >= 0.3 is 37.3 Å². The number of rotatable bonds is 28. The third kappa shape index (κ3) is 18.6. The predicted molar refractivity (Wildman–Crippen MR) is 213 cm³/mol. The lowest BCUT2D eigenvalue weighted by Gasteiger charge is -2.25. The summed E-state index contributed by atoms with van der Waals surface area (Å²) in [5.74, 6) is -6.37. The quantitative estimate of drug-likeness (QED) is 0.0257. The average Bonchev–Trinajstić information content (AvgIpc) is 3.37. The molecule has 2 heterocycles. The maximum Gasteiger partial charge on any atom is 0.480 e. The Kier molecular flexibility index (Phi) is 22.2. The zero-order chi connectivity index (χ0) is 43.4. The highest BCUT2D eigenvalue weighted by molar-refractivity contribution is 7.48. The van der Waals surface area contributed by atoms with Crippen LogP contribution in [0.5, 0.6) is 0 Å². The SMILES string of the molecule is CCCCCCCCCCCCCCCCCCC(=O)O[C@@H]1[C@@H](COP(=O)(OCOC(=O)C(C)(C)C)OCOC(=O)C(C)(C)C)O[C@@H](n2ccc(C)nc2=O)C1(F)F. The Labute approximate surface area is 343 Å². The van der Waals surface area contributed by atoms with Crippen LogP contribution >= 0.6 is 7.82 Å². The smallest absolute Gasteiger partial charge is 0.453 e. The number of phosphoric ester groups is 1. The lowest BCUT2D eigenvalue weighted by Crippen LogP contribution is -2.44. The van der Waals surface area contributed by atoms with Crippen LogP contribution in [0.25, 0.3) is 0 Å². The molecular formula is C41H69F2N2O12P. The molecule has 334 valence electrons. The molecule has 0 radical (unpaired) electrons.